The lowest BCUT2D eigenvalue weighted by atomic mass is 10.0. The third-order valence-corrected chi connectivity index (χ3v) is 4.33. The lowest BCUT2D eigenvalue weighted by Gasteiger charge is -2.33. The summed E-state index contributed by atoms with van der Waals surface area (Å²) in [7, 11) is 4.38. The maximum Gasteiger partial charge on any atom is 0.0483 e. The molecule has 19 heavy (non-hydrogen) atoms. The molecule has 2 heterocycles. The highest BCUT2D eigenvalue weighted by Crippen LogP contribution is 2.24. The normalized spacial score (nSPS) is 21.1. The first kappa shape index (κ1) is 12.7. The largest absolute Gasteiger partial charge is 0.350 e. The number of hydrogen-bond acceptors (Lipinski definition) is 2. The molecule has 0 bridgehead atoms. The molecule has 0 saturated carbocycles. The predicted octanol–water partition coefficient (Wildman–Crippen LogP) is 1.93. The van der Waals surface area contributed by atoms with E-state index in [-0.39, 0.29) is 0 Å². The van der Waals surface area contributed by atoms with Crippen LogP contribution < -0.4 is 5.32 Å². The number of fused-ring (bicyclic) bond motifs is 1. The smallest absolute Gasteiger partial charge is 0.0483 e. The number of likely N-dealkylation sites (N-methyl/N-ethyl adjacent to an activating group) is 1. The summed E-state index contributed by atoms with van der Waals surface area (Å²) in [5.41, 5.74) is 4.15. The second-order valence-electron chi connectivity index (χ2n) is 5.83. The van der Waals surface area contributed by atoms with Gasteiger partial charge in [-0.25, -0.2) is 0 Å². The Balaban J connectivity index is 1.92. The highest BCUT2D eigenvalue weighted by atomic mass is 15.2. The molecule has 1 aliphatic heterocycles. The second kappa shape index (κ2) is 4.99. The number of nitrogens with zero attached hydrogens (tertiary/aromatic N) is 2. The molecule has 1 aromatic carbocycles. The van der Waals surface area contributed by atoms with Crippen LogP contribution in [0.2, 0.25) is 0 Å². The van der Waals surface area contributed by atoms with E-state index in [1.807, 2.05) is 0 Å². The van der Waals surface area contributed by atoms with E-state index >= 15 is 0 Å². The van der Waals surface area contributed by atoms with Crippen molar-refractivity contribution in [1.29, 1.82) is 0 Å². The van der Waals surface area contributed by atoms with Crippen LogP contribution in [0.4, 0.5) is 0 Å². The average Bonchev–Trinajstić information content (AvgIpc) is 2.69. The quantitative estimate of drug-likeness (QED) is 0.887. The summed E-state index contributed by atoms with van der Waals surface area (Å²) in [6, 6.07) is 7.38. The van der Waals surface area contributed by atoms with Gasteiger partial charge in [0.25, 0.3) is 0 Å². The Morgan fingerprint density at radius 1 is 1.32 bits per heavy atom. The lowest BCUT2D eigenvalue weighted by Crippen LogP contribution is -2.50. The summed E-state index contributed by atoms with van der Waals surface area (Å²) in [5, 5.41) is 4.91. The van der Waals surface area contributed by atoms with E-state index in [1.54, 1.807) is 0 Å². The number of benzene rings is 1. The van der Waals surface area contributed by atoms with Crippen molar-refractivity contribution in [3.8, 4) is 0 Å². The molecule has 3 heteroatoms. The van der Waals surface area contributed by atoms with E-state index in [1.165, 1.54) is 22.0 Å². The molecule has 1 unspecified atom stereocenters. The molecule has 1 N–H and O–H groups in total. The van der Waals surface area contributed by atoms with Crippen molar-refractivity contribution in [3.05, 3.63) is 35.5 Å². The Morgan fingerprint density at radius 2 is 2.16 bits per heavy atom. The van der Waals surface area contributed by atoms with E-state index in [0.29, 0.717) is 6.04 Å². The van der Waals surface area contributed by atoms with Gasteiger partial charge >= 0.3 is 0 Å². The predicted molar refractivity (Wildman–Crippen MR) is 80.6 cm³/mol. The molecule has 1 aliphatic rings. The summed E-state index contributed by atoms with van der Waals surface area (Å²) < 4.78 is 2.26. The van der Waals surface area contributed by atoms with Crippen LogP contribution >= 0.6 is 0 Å². The van der Waals surface area contributed by atoms with E-state index < -0.39 is 0 Å². The van der Waals surface area contributed by atoms with Gasteiger partial charge in [0.15, 0.2) is 0 Å². The molecule has 3 nitrogen and oxygen atoms in total. The molecular formula is C16H23N3. The van der Waals surface area contributed by atoms with Crippen molar-refractivity contribution >= 4 is 10.9 Å². The Bertz CT molecular complexity index is 585. The van der Waals surface area contributed by atoms with Gasteiger partial charge in [0, 0.05) is 49.8 Å². The maximum atomic E-state index is 3.50. The topological polar surface area (TPSA) is 20.2 Å². The zero-order valence-electron chi connectivity index (χ0n) is 12.1. The first-order valence-electron chi connectivity index (χ1n) is 7.10. The van der Waals surface area contributed by atoms with E-state index in [4.69, 9.17) is 0 Å². The fourth-order valence-electron chi connectivity index (χ4n) is 3.08. The van der Waals surface area contributed by atoms with Gasteiger partial charge in [-0.15, -0.1) is 0 Å². The summed E-state index contributed by atoms with van der Waals surface area (Å²) in [6.07, 6.45) is 3.43. The first-order chi connectivity index (χ1) is 9.15. The van der Waals surface area contributed by atoms with Gasteiger partial charge in [0.1, 0.15) is 0 Å². The maximum absolute atomic E-state index is 3.50. The highest BCUT2D eigenvalue weighted by Gasteiger charge is 2.20. The Hall–Kier alpha value is -1.32. The molecule has 1 atom stereocenters. The van der Waals surface area contributed by atoms with Gasteiger partial charge in [-0.3, -0.25) is 0 Å². The Morgan fingerprint density at radius 3 is 2.95 bits per heavy atom. The van der Waals surface area contributed by atoms with Gasteiger partial charge in [-0.2, -0.15) is 0 Å². The minimum Gasteiger partial charge on any atom is -0.350 e. The van der Waals surface area contributed by atoms with Crippen LogP contribution in [0.25, 0.3) is 10.9 Å². The van der Waals surface area contributed by atoms with Crippen LogP contribution in [-0.2, 0) is 13.5 Å². The molecule has 3 rings (SSSR count). The third-order valence-electron chi connectivity index (χ3n) is 4.33. The van der Waals surface area contributed by atoms with Crippen molar-refractivity contribution in [3.63, 3.8) is 0 Å². The molecule has 0 radical (unpaired) electrons. The molecular weight excluding hydrogens is 234 g/mol. The van der Waals surface area contributed by atoms with Gasteiger partial charge in [0.2, 0.25) is 0 Å². The van der Waals surface area contributed by atoms with E-state index in [9.17, 15) is 0 Å². The molecule has 1 saturated heterocycles. The SMILES string of the molecule is Cc1ccc2c(CC3CNCCN3C)cn(C)c2c1. The summed E-state index contributed by atoms with van der Waals surface area (Å²) in [6.45, 7) is 5.51. The van der Waals surface area contributed by atoms with Crippen molar-refractivity contribution in [2.24, 2.45) is 7.05 Å². The van der Waals surface area contributed by atoms with Crippen molar-refractivity contribution in [2.45, 2.75) is 19.4 Å². The minimum absolute atomic E-state index is 0.612. The number of hydrogen-bond donors (Lipinski definition) is 1. The highest BCUT2D eigenvalue weighted by molar-refractivity contribution is 5.84. The zero-order valence-corrected chi connectivity index (χ0v) is 12.1. The van der Waals surface area contributed by atoms with E-state index in [0.717, 1.165) is 26.1 Å². The van der Waals surface area contributed by atoms with Crippen LogP contribution in [-0.4, -0.2) is 42.2 Å². The number of aromatic nitrogens is 1. The summed E-state index contributed by atoms with van der Waals surface area (Å²) in [4.78, 5) is 2.48. The van der Waals surface area contributed by atoms with Crippen molar-refractivity contribution in [1.82, 2.24) is 14.8 Å². The molecule has 0 aliphatic carbocycles. The van der Waals surface area contributed by atoms with Gasteiger partial charge in [0.05, 0.1) is 0 Å². The molecule has 1 aromatic heterocycles. The van der Waals surface area contributed by atoms with Crippen molar-refractivity contribution in [2.75, 3.05) is 26.7 Å². The van der Waals surface area contributed by atoms with Gasteiger partial charge in [-0.05, 0) is 37.6 Å². The number of nitrogens with one attached hydrogen (secondary N) is 1. The average molecular weight is 257 g/mol. The second-order valence-corrected chi connectivity index (χ2v) is 5.83. The minimum atomic E-state index is 0.612. The zero-order chi connectivity index (χ0) is 13.4. The summed E-state index contributed by atoms with van der Waals surface area (Å²) in [5.74, 6) is 0. The Kier molecular flexibility index (Phi) is 3.33. The number of piperazine rings is 1. The number of rotatable bonds is 2. The molecule has 1 fully saturated rings. The van der Waals surface area contributed by atoms with Crippen LogP contribution in [0.15, 0.2) is 24.4 Å². The van der Waals surface area contributed by atoms with Gasteiger partial charge in [-0.1, -0.05) is 12.1 Å². The van der Waals surface area contributed by atoms with Gasteiger partial charge < -0.3 is 14.8 Å². The standard InChI is InChI=1S/C16H23N3/c1-12-4-5-15-13(11-19(3)16(15)8-12)9-14-10-17-6-7-18(14)2/h4-5,8,11,14,17H,6-7,9-10H2,1-3H3. The molecule has 2 aromatic rings. The number of aryl methyl sites for hydroxylation is 2. The molecule has 0 spiro atoms. The first-order valence-corrected chi connectivity index (χ1v) is 7.10. The fourth-order valence-corrected chi connectivity index (χ4v) is 3.08. The van der Waals surface area contributed by atoms with Crippen LogP contribution in [0, 0.1) is 6.92 Å². The molecule has 102 valence electrons. The monoisotopic (exact) mass is 257 g/mol. The summed E-state index contributed by atoms with van der Waals surface area (Å²) >= 11 is 0. The van der Waals surface area contributed by atoms with Crippen LogP contribution in [0.1, 0.15) is 11.1 Å². The van der Waals surface area contributed by atoms with Crippen molar-refractivity contribution < 1.29 is 0 Å². The lowest BCUT2D eigenvalue weighted by molar-refractivity contribution is 0.199. The fraction of sp³-hybridized carbons (Fsp3) is 0.500. The Labute approximate surface area is 115 Å². The third kappa shape index (κ3) is 2.40. The van der Waals surface area contributed by atoms with Crippen LogP contribution in [0.5, 0.6) is 0 Å². The molecule has 0 amide bonds. The van der Waals surface area contributed by atoms with Crippen LogP contribution in [0.3, 0.4) is 0 Å². The van der Waals surface area contributed by atoms with E-state index in [2.05, 4.69) is 60.2 Å².